The van der Waals surface area contributed by atoms with Gasteiger partial charge < -0.3 is 5.32 Å². The van der Waals surface area contributed by atoms with Crippen LogP contribution in [0.4, 0.5) is 20.2 Å². The number of nitrogens with zero attached hydrogens (tertiary/aromatic N) is 1. The summed E-state index contributed by atoms with van der Waals surface area (Å²) < 4.78 is 26.1. The summed E-state index contributed by atoms with van der Waals surface area (Å²) >= 11 is 0. The van der Waals surface area contributed by atoms with E-state index in [1.165, 1.54) is 0 Å². The van der Waals surface area contributed by atoms with Crippen LogP contribution in [0, 0.1) is 27.7 Å². The van der Waals surface area contributed by atoms with Crippen LogP contribution in [0.2, 0.25) is 0 Å². The number of halogens is 2. The Bertz CT molecular complexity index is 450. The molecule has 1 atom stereocenters. The molecule has 0 radical (unpaired) electrons. The third-order valence-electron chi connectivity index (χ3n) is 2.46. The molecule has 18 heavy (non-hydrogen) atoms. The second-order valence-electron chi connectivity index (χ2n) is 4.72. The fraction of sp³-hybridized carbons (Fsp3) is 0.500. The lowest BCUT2D eigenvalue weighted by molar-refractivity contribution is -0.384. The monoisotopic (exact) mass is 258 g/mol. The molecule has 1 aromatic rings. The highest BCUT2D eigenvalue weighted by atomic mass is 19.2. The van der Waals surface area contributed by atoms with Crippen molar-refractivity contribution in [3.8, 4) is 0 Å². The molecule has 0 bridgehead atoms. The van der Waals surface area contributed by atoms with Crippen LogP contribution in [0.1, 0.15) is 27.2 Å². The summed E-state index contributed by atoms with van der Waals surface area (Å²) in [4.78, 5) is 10.0. The fourth-order valence-electron chi connectivity index (χ4n) is 1.83. The molecule has 1 N–H and O–H groups in total. The molecule has 0 aliphatic rings. The van der Waals surface area contributed by atoms with Crippen molar-refractivity contribution in [1.82, 2.24) is 0 Å². The van der Waals surface area contributed by atoms with Crippen molar-refractivity contribution in [1.29, 1.82) is 0 Å². The number of rotatable bonds is 5. The Morgan fingerprint density at radius 2 is 1.83 bits per heavy atom. The van der Waals surface area contributed by atoms with E-state index in [-0.39, 0.29) is 11.7 Å². The summed E-state index contributed by atoms with van der Waals surface area (Å²) in [6.45, 7) is 5.86. The second kappa shape index (κ2) is 5.75. The average molecular weight is 258 g/mol. The lowest BCUT2D eigenvalue weighted by atomic mass is 10.0. The largest absolute Gasteiger partial charge is 0.377 e. The third-order valence-corrected chi connectivity index (χ3v) is 2.46. The van der Waals surface area contributed by atoms with Gasteiger partial charge in [-0.15, -0.1) is 0 Å². The molecule has 100 valence electrons. The zero-order chi connectivity index (χ0) is 13.9. The van der Waals surface area contributed by atoms with E-state index in [0.717, 1.165) is 12.5 Å². The third kappa shape index (κ3) is 3.65. The Hall–Kier alpha value is -1.72. The van der Waals surface area contributed by atoms with E-state index in [0.29, 0.717) is 12.0 Å². The first kappa shape index (κ1) is 14.3. The van der Waals surface area contributed by atoms with Gasteiger partial charge in [0.2, 0.25) is 0 Å². The Morgan fingerprint density at radius 3 is 2.33 bits per heavy atom. The standard InChI is InChI=1S/C12H16F2N2O2/c1-7(2)4-8(3)15-11-5-9(13)10(14)6-12(11)16(17)18/h5-8,15H,4H2,1-3H3. The highest BCUT2D eigenvalue weighted by molar-refractivity contribution is 5.62. The summed E-state index contributed by atoms with van der Waals surface area (Å²) in [5.41, 5.74) is -0.448. The van der Waals surface area contributed by atoms with E-state index >= 15 is 0 Å². The lowest BCUT2D eigenvalue weighted by Gasteiger charge is -2.17. The number of anilines is 1. The molecule has 0 saturated carbocycles. The Morgan fingerprint density at radius 1 is 1.28 bits per heavy atom. The Labute approximate surface area is 104 Å². The minimum atomic E-state index is -1.22. The van der Waals surface area contributed by atoms with E-state index in [1.54, 1.807) is 0 Å². The average Bonchev–Trinajstić information content (AvgIpc) is 2.21. The molecule has 0 aliphatic heterocycles. The van der Waals surface area contributed by atoms with Gasteiger partial charge in [-0.2, -0.15) is 0 Å². The molecule has 6 heteroatoms. The minimum Gasteiger partial charge on any atom is -0.377 e. The first-order valence-corrected chi connectivity index (χ1v) is 5.71. The minimum absolute atomic E-state index is 0.00653. The van der Waals surface area contributed by atoms with E-state index in [4.69, 9.17) is 0 Å². The molecule has 0 saturated heterocycles. The van der Waals surface area contributed by atoms with Gasteiger partial charge in [-0.25, -0.2) is 8.78 Å². The molecular weight excluding hydrogens is 242 g/mol. The van der Waals surface area contributed by atoms with Crippen LogP contribution in [0.15, 0.2) is 12.1 Å². The number of nitro benzene ring substituents is 1. The number of hydrogen-bond acceptors (Lipinski definition) is 3. The van der Waals surface area contributed by atoms with Gasteiger partial charge in [0, 0.05) is 12.1 Å². The molecule has 1 rings (SSSR count). The highest BCUT2D eigenvalue weighted by Crippen LogP contribution is 2.28. The van der Waals surface area contributed by atoms with Crippen molar-refractivity contribution in [2.75, 3.05) is 5.32 Å². The zero-order valence-corrected chi connectivity index (χ0v) is 10.5. The van der Waals surface area contributed by atoms with Gasteiger partial charge in [0.05, 0.1) is 11.0 Å². The maximum absolute atomic E-state index is 13.1. The van der Waals surface area contributed by atoms with Crippen LogP contribution in [0.5, 0.6) is 0 Å². The van der Waals surface area contributed by atoms with Gasteiger partial charge in [0.15, 0.2) is 11.6 Å². The van der Waals surface area contributed by atoms with E-state index < -0.39 is 22.2 Å². The van der Waals surface area contributed by atoms with E-state index in [2.05, 4.69) is 5.32 Å². The van der Waals surface area contributed by atoms with Crippen LogP contribution in [0.25, 0.3) is 0 Å². The Kier molecular flexibility index (Phi) is 4.58. The molecular formula is C12H16F2N2O2. The maximum Gasteiger partial charge on any atom is 0.295 e. The maximum atomic E-state index is 13.1. The second-order valence-corrected chi connectivity index (χ2v) is 4.72. The van der Waals surface area contributed by atoms with Crippen molar-refractivity contribution in [2.45, 2.75) is 33.2 Å². The van der Waals surface area contributed by atoms with Gasteiger partial charge in [-0.3, -0.25) is 10.1 Å². The summed E-state index contributed by atoms with van der Waals surface area (Å²) in [7, 11) is 0. The number of nitrogens with one attached hydrogen (secondary N) is 1. The van der Waals surface area contributed by atoms with E-state index in [1.807, 2.05) is 20.8 Å². The lowest BCUT2D eigenvalue weighted by Crippen LogP contribution is -2.18. The number of nitro groups is 1. The molecule has 0 fully saturated rings. The predicted octanol–water partition coefficient (Wildman–Crippen LogP) is 3.72. The molecule has 0 spiro atoms. The van der Waals surface area contributed by atoms with Crippen LogP contribution in [-0.2, 0) is 0 Å². The first-order valence-electron chi connectivity index (χ1n) is 5.71. The van der Waals surface area contributed by atoms with Crippen molar-refractivity contribution >= 4 is 11.4 Å². The summed E-state index contributed by atoms with van der Waals surface area (Å²) in [5, 5.41) is 13.6. The summed E-state index contributed by atoms with van der Waals surface area (Å²) in [6, 6.07) is 1.36. The molecule has 0 heterocycles. The first-order chi connectivity index (χ1) is 8.31. The smallest absolute Gasteiger partial charge is 0.295 e. The molecule has 4 nitrogen and oxygen atoms in total. The van der Waals surface area contributed by atoms with Crippen molar-refractivity contribution in [3.05, 3.63) is 33.9 Å². The van der Waals surface area contributed by atoms with Crippen LogP contribution >= 0.6 is 0 Å². The van der Waals surface area contributed by atoms with Crippen LogP contribution in [0.3, 0.4) is 0 Å². The summed E-state index contributed by atoms with van der Waals surface area (Å²) in [5.74, 6) is -1.92. The topological polar surface area (TPSA) is 55.2 Å². The molecule has 0 aromatic heterocycles. The van der Waals surface area contributed by atoms with Crippen LogP contribution in [-0.4, -0.2) is 11.0 Å². The van der Waals surface area contributed by atoms with Gasteiger partial charge >= 0.3 is 0 Å². The normalized spacial score (nSPS) is 12.6. The van der Waals surface area contributed by atoms with Gasteiger partial charge in [0.1, 0.15) is 5.69 Å². The van der Waals surface area contributed by atoms with Crippen molar-refractivity contribution in [3.63, 3.8) is 0 Å². The molecule has 0 aliphatic carbocycles. The number of benzene rings is 1. The quantitative estimate of drug-likeness (QED) is 0.646. The highest BCUT2D eigenvalue weighted by Gasteiger charge is 2.20. The SMILES string of the molecule is CC(C)CC(C)Nc1cc(F)c(F)cc1[N+](=O)[O-]. The molecule has 0 amide bonds. The zero-order valence-electron chi connectivity index (χ0n) is 10.5. The van der Waals surface area contributed by atoms with Gasteiger partial charge in [-0.1, -0.05) is 13.8 Å². The van der Waals surface area contributed by atoms with Gasteiger partial charge in [-0.05, 0) is 19.3 Å². The van der Waals surface area contributed by atoms with Crippen LogP contribution < -0.4 is 5.32 Å². The predicted molar refractivity (Wildman–Crippen MR) is 65.6 cm³/mol. The van der Waals surface area contributed by atoms with Crippen molar-refractivity contribution in [2.24, 2.45) is 5.92 Å². The summed E-state index contributed by atoms with van der Waals surface area (Å²) in [6.07, 6.45) is 0.774. The Balaban J connectivity index is 3.00. The molecule has 1 aromatic carbocycles. The molecule has 1 unspecified atom stereocenters. The van der Waals surface area contributed by atoms with E-state index in [9.17, 15) is 18.9 Å². The number of hydrogen-bond donors (Lipinski definition) is 1. The van der Waals surface area contributed by atoms with Crippen molar-refractivity contribution < 1.29 is 13.7 Å². The van der Waals surface area contributed by atoms with Gasteiger partial charge in [0.25, 0.3) is 5.69 Å². The fourth-order valence-corrected chi connectivity index (χ4v) is 1.83.